The van der Waals surface area contributed by atoms with Crippen LogP contribution in [0.4, 0.5) is 0 Å². The van der Waals surface area contributed by atoms with Crippen molar-refractivity contribution in [2.24, 2.45) is 0 Å². The predicted octanol–water partition coefficient (Wildman–Crippen LogP) is 2.18. The average Bonchev–Trinajstić information content (AvgIpc) is 2.19. The summed E-state index contributed by atoms with van der Waals surface area (Å²) >= 11 is 0. The summed E-state index contributed by atoms with van der Waals surface area (Å²) < 4.78 is 0. The fourth-order valence-electron chi connectivity index (χ4n) is 1.26. The molecule has 0 saturated carbocycles. The average molecular weight is 207 g/mol. The van der Waals surface area contributed by atoms with E-state index in [2.05, 4.69) is 0 Å². The molecule has 0 fully saturated rings. The maximum Gasteiger partial charge on any atom is 0.254 e. The summed E-state index contributed by atoms with van der Waals surface area (Å²) in [6, 6.07) is 4.99. The first kappa shape index (κ1) is 11.6. The molecule has 1 amide bonds. The third kappa shape index (κ3) is 2.49. The number of carbonyl (C=O) groups excluding carboxylic acids is 1. The van der Waals surface area contributed by atoms with E-state index >= 15 is 0 Å². The Morgan fingerprint density at radius 2 is 2.00 bits per heavy atom. The van der Waals surface area contributed by atoms with Crippen LogP contribution < -0.4 is 0 Å². The van der Waals surface area contributed by atoms with Gasteiger partial charge in [0, 0.05) is 18.7 Å². The molecule has 0 bridgehead atoms. The van der Waals surface area contributed by atoms with Crippen molar-refractivity contribution in [2.75, 3.05) is 7.05 Å². The van der Waals surface area contributed by atoms with Gasteiger partial charge in [-0.2, -0.15) is 0 Å². The highest BCUT2D eigenvalue weighted by Crippen LogP contribution is 2.17. The molecular formula is C12H17NO2. The zero-order valence-corrected chi connectivity index (χ0v) is 9.61. The Morgan fingerprint density at radius 3 is 2.53 bits per heavy atom. The second kappa shape index (κ2) is 4.34. The molecule has 0 unspecified atom stereocenters. The summed E-state index contributed by atoms with van der Waals surface area (Å²) in [7, 11) is 1.76. The summed E-state index contributed by atoms with van der Waals surface area (Å²) in [5, 5.41) is 9.34. The third-order valence-corrected chi connectivity index (χ3v) is 2.55. The summed E-state index contributed by atoms with van der Waals surface area (Å²) in [4.78, 5) is 13.6. The van der Waals surface area contributed by atoms with Crippen LogP contribution in [0.3, 0.4) is 0 Å². The van der Waals surface area contributed by atoms with E-state index in [4.69, 9.17) is 0 Å². The molecule has 0 heterocycles. The molecule has 1 aromatic rings. The van der Waals surface area contributed by atoms with Crippen molar-refractivity contribution >= 4 is 5.91 Å². The van der Waals surface area contributed by atoms with Crippen molar-refractivity contribution in [3.63, 3.8) is 0 Å². The zero-order chi connectivity index (χ0) is 11.6. The monoisotopic (exact) mass is 207 g/mol. The van der Waals surface area contributed by atoms with Crippen molar-refractivity contribution in [3.05, 3.63) is 29.3 Å². The number of hydrogen-bond donors (Lipinski definition) is 1. The first-order valence-corrected chi connectivity index (χ1v) is 5.00. The molecule has 1 rings (SSSR count). The topological polar surface area (TPSA) is 40.5 Å². The quantitative estimate of drug-likeness (QED) is 0.807. The van der Waals surface area contributed by atoms with E-state index in [1.54, 1.807) is 24.1 Å². The second-order valence-electron chi connectivity index (χ2n) is 4.01. The van der Waals surface area contributed by atoms with E-state index in [1.807, 2.05) is 20.8 Å². The smallest absolute Gasteiger partial charge is 0.254 e. The number of carbonyl (C=O) groups is 1. The fourth-order valence-corrected chi connectivity index (χ4v) is 1.26. The minimum absolute atomic E-state index is 0.0570. The number of nitrogens with zero attached hydrogens (tertiary/aromatic N) is 1. The summed E-state index contributed by atoms with van der Waals surface area (Å²) in [6.45, 7) is 5.77. The van der Waals surface area contributed by atoms with Crippen LogP contribution in [0, 0.1) is 6.92 Å². The van der Waals surface area contributed by atoms with Crippen molar-refractivity contribution in [3.8, 4) is 5.75 Å². The van der Waals surface area contributed by atoms with Crippen LogP contribution in [-0.2, 0) is 0 Å². The van der Waals surface area contributed by atoms with E-state index in [-0.39, 0.29) is 17.7 Å². The molecule has 1 aromatic carbocycles. The minimum atomic E-state index is -0.0570. The maximum atomic E-state index is 12.0. The first-order valence-electron chi connectivity index (χ1n) is 5.00. The number of rotatable bonds is 2. The van der Waals surface area contributed by atoms with Crippen LogP contribution in [-0.4, -0.2) is 29.0 Å². The number of benzene rings is 1. The largest absolute Gasteiger partial charge is 0.508 e. The van der Waals surface area contributed by atoms with Gasteiger partial charge in [0.15, 0.2) is 0 Å². The normalized spacial score (nSPS) is 10.5. The number of aromatic hydroxyl groups is 1. The van der Waals surface area contributed by atoms with Gasteiger partial charge in [-0.05, 0) is 38.5 Å². The lowest BCUT2D eigenvalue weighted by Crippen LogP contribution is -2.33. The molecule has 0 aliphatic rings. The fraction of sp³-hybridized carbons (Fsp3) is 0.417. The van der Waals surface area contributed by atoms with Gasteiger partial charge in [0.2, 0.25) is 0 Å². The number of amides is 1. The maximum absolute atomic E-state index is 12.0. The number of aryl methyl sites for hydroxylation is 1. The molecule has 0 radical (unpaired) electrons. The van der Waals surface area contributed by atoms with Crippen LogP contribution in [0.5, 0.6) is 5.75 Å². The van der Waals surface area contributed by atoms with Crippen LogP contribution in [0.1, 0.15) is 29.8 Å². The van der Waals surface area contributed by atoms with Crippen molar-refractivity contribution < 1.29 is 9.90 Å². The second-order valence-corrected chi connectivity index (χ2v) is 4.01. The molecule has 15 heavy (non-hydrogen) atoms. The minimum Gasteiger partial charge on any atom is -0.508 e. The SMILES string of the molecule is Cc1ccc(O)cc1C(=O)N(C)C(C)C. The van der Waals surface area contributed by atoms with Gasteiger partial charge in [-0.25, -0.2) is 0 Å². The summed E-state index contributed by atoms with van der Waals surface area (Å²) in [5.74, 6) is 0.0690. The molecule has 82 valence electrons. The Labute approximate surface area is 90.3 Å². The van der Waals surface area contributed by atoms with Crippen LogP contribution in [0.2, 0.25) is 0 Å². The van der Waals surface area contributed by atoms with Gasteiger partial charge in [0.25, 0.3) is 5.91 Å². The van der Waals surface area contributed by atoms with Gasteiger partial charge in [-0.15, -0.1) is 0 Å². The Kier molecular flexibility index (Phi) is 3.35. The molecule has 0 aliphatic carbocycles. The van der Waals surface area contributed by atoms with Gasteiger partial charge in [-0.3, -0.25) is 4.79 Å². The van der Waals surface area contributed by atoms with Gasteiger partial charge in [0.1, 0.15) is 5.75 Å². The Hall–Kier alpha value is -1.51. The predicted molar refractivity (Wildman–Crippen MR) is 60.1 cm³/mol. The van der Waals surface area contributed by atoms with Gasteiger partial charge < -0.3 is 10.0 Å². The summed E-state index contributed by atoms with van der Waals surface area (Å²) in [5.41, 5.74) is 1.44. The lowest BCUT2D eigenvalue weighted by molar-refractivity contribution is 0.0754. The lowest BCUT2D eigenvalue weighted by atomic mass is 10.1. The Balaban J connectivity index is 3.05. The number of phenolic OH excluding ortho intramolecular Hbond substituents is 1. The summed E-state index contributed by atoms with van der Waals surface area (Å²) in [6.07, 6.45) is 0. The highest BCUT2D eigenvalue weighted by Gasteiger charge is 2.16. The molecule has 1 N–H and O–H groups in total. The highest BCUT2D eigenvalue weighted by molar-refractivity contribution is 5.96. The van der Waals surface area contributed by atoms with Gasteiger partial charge in [0.05, 0.1) is 0 Å². The van der Waals surface area contributed by atoms with E-state index < -0.39 is 0 Å². The van der Waals surface area contributed by atoms with Crippen LogP contribution >= 0.6 is 0 Å². The molecule has 0 saturated heterocycles. The zero-order valence-electron chi connectivity index (χ0n) is 9.61. The molecule has 0 spiro atoms. The standard InChI is InChI=1S/C12H17NO2/c1-8(2)13(4)12(15)11-7-10(14)6-5-9(11)3/h5-8,14H,1-4H3. The molecule has 3 heteroatoms. The molecule has 3 nitrogen and oxygen atoms in total. The van der Waals surface area contributed by atoms with Crippen molar-refractivity contribution in [2.45, 2.75) is 26.8 Å². The lowest BCUT2D eigenvalue weighted by Gasteiger charge is -2.22. The van der Waals surface area contributed by atoms with Gasteiger partial charge >= 0.3 is 0 Å². The van der Waals surface area contributed by atoms with E-state index in [9.17, 15) is 9.90 Å². The molecule has 0 aliphatic heterocycles. The molecule has 0 aromatic heterocycles. The van der Waals surface area contributed by atoms with Crippen molar-refractivity contribution in [1.82, 2.24) is 4.90 Å². The van der Waals surface area contributed by atoms with Crippen LogP contribution in [0.15, 0.2) is 18.2 Å². The molecule has 0 atom stereocenters. The first-order chi connectivity index (χ1) is 6.93. The van der Waals surface area contributed by atoms with Crippen molar-refractivity contribution in [1.29, 1.82) is 0 Å². The molecular weight excluding hydrogens is 190 g/mol. The van der Waals surface area contributed by atoms with E-state index in [0.29, 0.717) is 5.56 Å². The Morgan fingerprint density at radius 1 is 1.40 bits per heavy atom. The Bertz CT molecular complexity index is 372. The number of phenols is 1. The van der Waals surface area contributed by atoms with Gasteiger partial charge in [-0.1, -0.05) is 6.07 Å². The van der Waals surface area contributed by atoms with Crippen LogP contribution in [0.25, 0.3) is 0 Å². The highest BCUT2D eigenvalue weighted by atomic mass is 16.3. The van der Waals surface area contributed by atoms with E-state index in [0.717, 1.165) is 5.56 Å². The van der Waals surface area contributed by atoms with E-state index in [1.165, 1.54) is 6.07 Å². The number of hydrogen-bond acceptors (Lipinski definition) is 2. The third-order valence-electron chi connectivity index (χ3n) is 2.55.